The third-order valence-electron chi connectivity index (χ3n) is 1.56. The van der Waals surface area contributed by atoms with Gasteiger partial charge in [-0.15, -0.1) is 0 Å². The molecule has 0 aromatic rings. The number of piperidine rings is 1. The van der Waals surface area contributed by atoms with Crippen LogP contribution in [0, 0.1) is 0 Å². The molecule has 2 N–H and O–H groups in total. The second-order valence-corrected chi connectivity index (χ2v) is 2.50. The highest BCUT2D eigenvalue weighted by Crippen LogP contribution is 2.07. The van der Waals surface area contributed by atoms with E-state index in [0.717, 1.165) is 6.42 Å². The summed E-state index contributed by atoms with van der Waals surface area (Å²) in [4.78, 5) is 10.6. The van der Waals surface area contributed by atoms with Crippen LogP contribution in [0.25, 0.3) is 0 Å². The molecule has 0 bridgehead atoms. The van der Waals surface area contributed by atoms with E-state index in [1.165, 1.54) is 0 Å². The van der Waals surface area contributed by atoms with Gasteiger partial charge in [-0.05, 0) is 19.8 Å². The van der Waals surface area contributed by atoms with E-state index >= 15 is 0 Å². The maximum absolute atomic E-state index is 10.6. The van der Waals surface area contributed by atoms with E-state index in [0.29, 0.717) is 6.42 Å². The summed E-state index contributed by atoms with van der Waals surface area (Å²) in [6.07, 6.45) is 0.723. The number of aliphatic hydroxyl groups is 1. The molecule has 0 aromatic heterocycles. The van der Waals surface area contributed by atoms with Crippen LogP contribution in [0.2, 0.25) is 0 Å². The zero-order valence-corrected chi connectivity index (χ0v) is 5.42. The Hall–Kier alpha value is -0.570. The highest BCUT2D eigenvalue weighted by Gasteiger charge is 2.22. The maximum Gasteiger partial charge on any atom is 0.249 e. The summed E-state index contributed by atoms with van der Waals surface area (Å²) < 4.78 is 0. The third-order valence-corrected chi connectivity index (χ3v) is 1.56. The molecule has 1 rings (SSSR count). The van der Waals surface area contributed by atoms with Gasteiger partial charge in [0.05, 0.1) is 0 Å². The van der Waals surface area contributed by atoms with Crippen molar-refractivity contribution in [3.63, 3.8) is 0 Å². The Kier molecular flexibility index (Phi) is 1.71. The van der Waals surface area contributed by atoms with Gasteiger partial charge in [0.2, 0.25) is 5.91 Å². The molecule has 1 amide bonds. The molecule has 0 radical (unpaired) electrons. The number of aliphatic hydroxyl groups excluding tert-OH is 1. The van der Waals surface area contributed by atoms with Crippen molar-refractivity contribution >= 4 is 5.91 Å². The molecular formula is C6H11NO2. The predicted octanol–water partition coefficient (Wildman–Crippen LogP) is -0.354. The van der Waals surface area contributed by atoms with Crippen LogP contribution in [0.1, 0.15) is 19.8 Å². The molecule has 1 aliphatic rings. The summed E-state index contributed by atoms with van der Waals surface area (Å²) in [5.41, 5.74) is 0. The SMILES string of the molecule is C[C@@H]1CC[C@@H](O)C(=O)N1. The van der Waals surface area contributed by atoms with Gasteiger partial charge in [-0.3, -0.25) is 4.79 Å². The zero-order valence-electron chi connectivity index (χ0n) is 5.42. The van der Waals surface area contributed by atoms with Gasteiger partial charge >= 0.3 is 0 Å². The first-order valence-corrected chi connectivity index (χ1v) is 3.18. The van der Waals surface area contributed by atoms with Crippen LogP contribution in [-0.2, 0) is 4.79 Å². The van der Waals surface area contributed by atoms with Crippen molar-refractivity contribution < 1.29 is 9.90 Å². The summed E-state index contributed by atoms with van der Waals surface area (Å²) in [6.45, 7) is 1.93. The lowest BCUT2D eigenvalue weighted by atomic mass is 10.0. The highest BCUT2D eigenvalue weighted by atomic mass is 16.3. The Morgan fingerprint density at radius 2 is 2.33 bits per heavy atom. The molecule has 0 aliphatic carbocycles. The number of hydrogen-bond donors (Lipinski definition) is 2. The number of amides is 1. The van der Waals surface area contributed by atoms with Crippen LogP contribution in [-0.4, -0.2) is 23.2 Å². The molecule has 1 heterocycles. The van der Waals surface area contributed by atoms with Crippen molar-refractivity contribution in [2.24, 2.45) is 0 Å². The van der Waals surface area contributed by atoms with Gasteiger partial charge in [0.1, 0.15) is 6.10 Å². The van der Waals surface area contributed by atoms with E-state index in [-0.39, 0.29) is 11.9 Å². The predicted molar refractivity (Wildman–Crippen MR) is 32.8 cm³/mol. The van der Waals surface area contributed by atoms with E-state index in [1.54, 1.807) is 0 Å². The molecule has 1 fully saturated rings. The minimum absolute atomic E-state index is 0.228. The second kappa shape index (κ2) is 2.35. The van der Waals surface area contributed by atoms with E-state index < -0.39 is 6.10 Å². The van der Waals surface area contributed by atoms with Crippen molar-refractivity contribution in [3.05, 3.63) is 0 Å². The molecule has 0 saturated carbocycles. The quantitative estimate of drug-likeness (QED) is 0.469. The van der Waals surface area contributed by atoms with Gasteiger partial charge < -0.3 is 10.4 Å². The second-order valence-electron chi connectivity index (χ2n) is 2.50. The Labute approximate surface area is 54.1 Å². The lowest BCUT2D eigenvalue weighted by Crippen LogP contribution is -2.45. The number of hydrogen-bond acceptors (Lipinski definition) is 2. The normalized spacial score (nSPS) is 36.0. The molecule has 0 aromatic carbocycles. The monoisotopic (exact) mass is 129 g/mol. The molecule has 1 aliphatic heterocycles. The highest BCUT2D eigenvalue weighted by molar-refractivity contribution is 5.81. The molecule has 1 saturated heterocycles. The summed E-state index contributed by atoms with van der Waals surface area (Å²) in [5, 5.41) is 11.5. The Balaban J connectivity index is 2.44. The fourth-order valence-electron chi connectivity index (χ4n) is 0.950. The van der Waals surface area contributed by atoms with Gasteiger partial charge in [-0.25, -0.2) is 0 Å². The standard InChI is InChI=1S/C6H11NO2/c1-4-2-3-5(8)6(9)7-4/h4-5,8H,2-3H2,1H3,(H,7,9)/t4-,5-/m1/s1. The van der Waals surface area contributed by atoms with Crippen molar-refractivity contribution in [1.82, 2.24) is 5.32 Å². The van der Waals surface area contributed by atoms with Crippen LogP contribution in [0.3, 0.4) is 0 Å². The molecule has 3 nitrogen and oxygen atoms in total. The number of rotatable bonds is 0. The van der Waals surface area contributed by atoms with Crippen LogP contribution >= 0.6 is 0 Å². The van der Waals surface area contributed by atoms with Crippen LogP contribution < -0.4 is 5.32 Å². The molecular weight excluding hydrogens is 118 g/mol. The van der Waals surface area contributed by atoms with Gasteiger partial charge in [0.25, 0.3) is 0 Å². The van der Waals surface area contributed by atoms with Gasteiger partial charge in [0, 0.05) is 6.04 Å². The van der Waals surface area contributed by atoms with Gasteiger partial charge in [0.15, 0.2) is 0 Å². The fourth-order valence-corrected chi connectivity index (χ4v) is 0.950. The molecule has 52 valence electrons. The lowest BCUT2D eigenvalue weighted by Gasteiger charge is -2.22. The van der Waals surface area contributed by atoms with E-state index in [9.17, 15) is 4.79 Å². The summed E-state index contributed by atoms with van der Waals surface area (Å²) in [6, 6.07) is 0.237. The molecule has 0 spiro atoms. The first kappa shape index (κ1) is 6.55. The topological polar surface area (TPSA) is 49.3 Å². The Bertz CT molecular complexity index is 124. The largest absolute Gasteiger partial charge is 0.383 e. The number of carbonyl (C=O) groups is 1. The molecule has 2 atom stereocenters. The van der Waals surface area contributed by atoms with E-state index in [1.807, 2.05) is 6.92 Å². The first-order valence-electron chi connectivity index (χ1n) is 3.18. The van der Waals surface area contributed by atoms with E-state index in [4.69, 9.17) is 5.11 Å². The molecule has 9 heavy (non-hydrogen) atoms. The van der Waals surface area contributed by atoms with Gasteiger partial charge in [-0.1, -0.05) is 0 Å². The molecule has 0 unspecified atom stereocenters. The smallest absolute Gasteiger partial charge is 0.249 e. The van der Waals surface area contributed by atoms with Crippen molar-refractivity contribution in [3.8, 4) is 0 Å². The fraction of sp³-hybridized carbons (Fsp3) is 0.833. The van der Waals surface area contributed by atoms with E-state index in [2.05, 4.69) is 5.32 Å². The average molecular weight is 129 g/mol. The van der Waals surface area contributed by atoms with Crippen LogP contribution in [0.15, 0.2) is 0 Å². The summed E-state index contributed by atoms with van der Waals surface area (Å²) >= 11 is 0. The summed E-state index contributed by atoms with van der Waals surface area (Å²) in [7, 11) is 0. The number of carbonyl (C=O) groups excluding carboxylic acids is 1. The van der Waals surface area contributed by atoms with Crippen molar-refractivity contribution in [2.75, 3.05) is 0 Å². The van der Waals surface area contributed by atoms with Crippen molar-refractivity contribution in [2.45, 2.75) is 31.9 Å². The maximum atomic E-state index is 10.6. The Morgan fingerprint density at radius 3 is 2.78 bits per heavy atom. The van der Waals surface area contributed by atoms with Crippen molar-refractivity contribution in [1.29, 1.82) is 0 Å². The van der Waals surface area contributed by atoms with Gasteiger partial charge in [-0.2, -0.15) is 0 Å². The minimum Gasteiger partial charge on any atom is -0.383 e. The first-order chi connectivity index (χ1) is 4.20. The molecule has 3 heteroatoms. The van der Waals surface area contributed by atoms with Crippen LogP contribution in [0.4, 0.5) is 0 Å². The number of nitrogens with one attached hydrogen (secondary N) is 1. The van der Waals surface area contributed by atoms with Crippen LogP contribution in [0.5, 0.6) is 0 Å². The minimum atomic E-state index is -0.763. The third kappa shape index (κ3) is 1.42. The summed E-state index contributed by atoms with van der Waals surface area (Å²) in [5.74, 6) is -0.228. The Morgan fingerprint density at radius 1 is 1.67 bits per heavy atom. The zero-order chi connectivity index (χ0) is 6.85. The lowest BCUT2D eigenvalue weighted by molar-refractivity contribution is -0.132. The average Bonchev–Trinajstić information content (AvgIpc) is 1.80.